The number of aromatic amines is 1. The van der Waals surface area contributed by atoms with Crippen molar-refractivity contribution in [2.45, 2.75) is 18.7 Å². The van der Waals surface area contributed by atoms with E-state index >= 15 is 0 Å². The van der Waals surface area contributed by atoms with Gasteiger partial charge in [-0.1, -0.05) is 35.9 Å². The molecule has 0 saturated heterocycles. The van der Waals surface area contributed by atoms with E-state index in [1.807, 2.05) is 56.3 Å². The molecule has 4 rings (SSSR count). The average molecular weight is 394 g/mol. The van der Waals surface area contributed by atoms with E-state index in [2.05, 4.69) is 19.9 Å². The number of benzene rings is 2. The van der Waals surface area contributed by atoms with E-state index in [9.17, 15) is 8.42 Å². The van der Waals surface area contributed by atoms with E-state index in [1.54, 1.807) is 6.07 Å². The highest BCUT2D eigenvalue weighted by Crippen LogP contribution is 2.26. The molecule has 0 amide bonds. The summed E-state index contributed by atoms with van der Waals surface area (Å²) in [5.74, 6) is 0.579. The average Bonchev–Trinajstić information content (AvgIpc) is 3.34. The summed E-state index contributed by atoms with van der Waals surface area (Å²) in [6, 6.07) is 16.3. The van der Waals surface area contributed by atoms with Crippen LogP contribution in [0, 0.1) is 13.8 Å². The number of anilines is 1. The van der Waals surface area contributed by atoms with Gasteiger partial charge in [-0.2, -0.15) is 0 Å². The predicted octanol–water partition coefficient (Wildman–Crippen LogP) is 4.15. The summed E-state index contributed by atoms with van der Waals surface area (Å²) in [5.41, 5.74) is 3.67. The van der Waals surface area contributed by atoms with Crippen molar-refractivity contribution in [1.82, 2.24) is 15.2 Å². The minimum absolute atomic E-state index is 0.0851. The number of aromatic nitrogens is 3. The molecular weight excluding hydrogens is 376 g/mol. The summed E-state index contributed by atoms with van der Waals surface area (Å²) < 4.78 is 33.7. The van der Waals surface area contributed by atoms with E-state index < -0.39 is 10.0 Å². The Kier molecular flexibility index (Phi) is 4.48. The van der Waals surface area contributed by atoms with Gasteiger partial charge in [-0.15, -0.1) is 10.2 Å². The first-order valence-corrected chi connectivity index (χ1v) is 10.1. The van der Waals surface area contributed by atoms with Gasteiger partial charge in [0, 0.05) is 11.8 Å². The van der Waals surface area contributed by atoms with Gasteiger partial charge in [-0.3, -0.25) is 4.72 Å². The van der Waals surface area contributed by atoms with Crippen molar-refractivity contribution >= 4 is 15.7 Å². The Labute approximate surface area is 162 Å². The Bertz CT molecular complexity index is 1230. The highest BCUT2D eigenvalue weighted by Gasteiger charge is 2.20. The number of sulfonamides is 1. The number of hydrogen-bond acceptors (Lipinski definition) is 5. The van der Waals surface area contributed by atoms with Crippen molar-refractivity contribution < 1.29 is 12.8 Å². The monoisotopic (exact) mass is 394 g/mol. The Hall–Kier alpha value is -3.39. The van der Waals surface area contributed by atoms with E-state index in [4.69, 9.17) is 4.42 Å². The third kappa shape index (κ3) is 3.54. The molecule has 0 radical (unpaired) electrons. The van der Waals surface area contributed by atoms with E-state index in [1.165, 1.54) is 12.3 Å². The van der Waals surface area contributed by atoms with Crippen LogP contribution < -0.4 is 4.72 Å². The first kappa shape index (κ1) is 18.0. The normalized spacial score (nSPS) is 11.5. The van der Waals surface area contributed by atoms with E-state index in [-0.39, 0.29) is 10.8 Å². The van der Waals surface area contributed by atoms with Gasteiger partial charge in [-0.25, -0.2) is 8.42 Å². The van der Waals surface area contributed by atoms with Crippen molar-refractivity contribution in [3.8, 4) is 23.0 Å². The highest BCUT2D eigenvalue weighted by atomic mass is 32.2. The summed E-state index contributed by atoms with van der Waals surface area (Å²) in [4.78, 5) is 2.97. The van der Waals surface area contributed by atoms with Crippen LogP contribution in [-0.2, 0) is 10.0 Å². The highest BCUT2D eigenvalue weighted by molar-refractivity contribution is 7.92. The Balaban J connectivity index is 1.59. The fraction of sp³-hybridized carbons (Fsp3) is 0.100. The number of aryl methyl sites for hydroxylation is 2. The van der Waals surface area contributed by atoms with Gasteiger partial charge in [0.25, 0.3) is 15.9 Å². The van der Waals surface area contributed by atoms with Gasteiger partial charge in [0.2, 0.25) is 5.89 Å². The number of rotatable bonds is 5. The van der Waals surface area contributed by atoms with Crippen LogP contribution in [0.3, 0.4) is 0 Å². The zero-order valence-corrected chi connectivity index (χ0v) is 16.1. The van der Waals surface area contributed by atoms with Crippen LogP contribution in [0.25, 0.3) is 23.0 Å². The van der Waals surface area contributed by atoms with Crippen LogP contribution >= 0.6 is 0 Å². The molecule has 4 aromatic rings. The fourth-order valence-corrected chi connectivity index (χ4v) is 3.94. The van der Waals surface area contributed by atoms with Crippen LogP contribution in [0.1, 0.15) is 11.1 Å². The maximum atomic E-state index is 12.7. The lowest BCUT2D eigenvalue weighted by molar-refractivity contribution is 0.582. The van der Waals surface area contributed by atoms with Crippen LogP contribution in [0.5, 0.6) is 0 Å². The molecule has 0 spiro atoms. The molecule has 0 bridgehead atoms. The molecule has 0 aliphatic carbocycles. The molecule has 0 aliphatic rings. The topological polar surface area (TPSA) is 101 Å². The second-order valence-electron chi connectivity index (χ2n) is 6.45. The zero-order valence-electron chi connectivity index (χ0n) is 15.3. The summed E-state index contributed by atoms with van der Waals surface area (Å²) in [7, 11) is -3.75. The molecule has 28 heavy (non-hydrogen) atoms. The van der Waals surface area contributed by atoms with Gasteiger partial charge in [0.1, 0.15) is 10.6 Å². The Morgan fingerprint density at radius 1 is 0.964 bits per heavy atom. The molecule has 2 heterocycles. The molecule has 0 unspecified atom stereocenters. The molecule has 142 valence electrons. The largest absolute Gasteiger partial charge is 0.415 e. The molecular formula is C20H18N4O3S. The van der Waals surface area contributed by atoms with Gasteiger partial charge in [0.15, 0.2) is 0 Å². The van der Waals surface area contributed by atoms with Gasteiger partial charge in [-0.05, 0) is 43.7 Å². The second kappa shape index (κ2) is 6.97. The quantitative estimate of drug-likeness (QED) is 0.529. The van der Waals surface area contributed by atoms with Crippen molar-refractivity contribution in [2.75, 3.05) is 4.72 Å². The molecule has 0 atom stereocenters. The number of H-pyrrole nitrogens is 1. The summed E-state index contributed by atoms with van der Waals surface area (Å²) in [5, 5.41) is 8.02. The van der Waals surface area contributed by atoms with Crippen molar-refractivity contribution in [2.24, 2.45) is 0 Å². The van der Waals surface area contributed by atoms with Crippen molar-refractivity contribution in [3.63, 3.8) is 0 Å². The van der Waals surface area contributed by atoms with E-state index in [0.29, 0.717) is 17.3 Å². The number of nitrogens with zero attached hydrogens (tertiary/aromatic N) is 2. The van der Waals surface area contributed by atoms with Crippen LogP contribution in [0.4, 0.5) is 5.69 Å². The molecule has 7 nitrogen and oxygen atoms in total. The SMILES string of the molecule is Cc1ccc(NS(=O)(=O)c2c[nH]c(-c3nnc(-c4ccccc4)o3)c2)c(C)c1. The lowest BCUT2D eigenvalue weighted by Gasteiger charge is -2.09. The third-order valence-corrected chi connectivity index (χ3v) is 5.61. The van der Waals surface area contributed by atoms with Gasteiger partial charge < -0.3 is 9.40 Å². The van der Waals surface area contributed by atoms with Gasteiger partial charge >= 0.3 is 0 Å². The molecule has 2 aromatic heterocycles. The first-order chi connectivity index (χ1) is 13.4. The molecule has 0 aliphatic heterocycles. The lowest BCUT2D eigenvalue weighted by Crippen LogP contribution is -2.13. The number of nitrogens with one attached hydrogen (secondary N) is 2. The van der Waals surface area contributed by atoms with Gasteiger partial charge in [0.05, 0.1) is 5.69 Å². The molecule has 8 heteroatoms. The van der Waals surface area contributed by atoms with E-state index in [0.717, 1.165) is 16.7 Å². The molecule has 0 fully saturated rings. The van der Waals surface area contributed by atoms with Crippen LogP contribution in [0.15, 0.2) is 70.1 Å². The summed E-state index contributed by atoms with van der Waals surface area (Å²) in [6.45, 7) is 3.81. The fourth-order valence-electron chi connectivity index (χ4n) is 2.81. The smallest absolute Gasteiger partial charge is 0.264 e. The lowest BCUT2D eigenvalue weighted by atomic mass is 10.1. The number of hydrogen-bond donors (Lipinski definition) is 2. The maximum absolute atomic E-state index is 12.7. The Morgan fingerprint density at radius 2 is 1.71 bits per heavy atom. The third-order valence-electron chi connectivity index (χ3n) is 4.27. The zero-order chi connectivity index (χ0) is 19.7. The standard InChI is InChI=1S/C20H18N4O3S/c1-13-8-9-17(14(2)10-13)24-28(25,26)16-11-18(21-12-16)20-23-22-19(27-20)15-6-4-3-5-7-15/h3-12,21,24H,1-2H3. The molecule has 2 aromatic carbocycles. The summed E-state index contributed by atoms with van der Waals surface area (Å²) in [6.07, 6.45) is 1.40. The minimum Gasteiger partial charge on any atom is -0.415 e. The summed E-state index contributed by atoms with van der Waals surface area (Å²) >= 11 is 0. The van der Waals surface area contributed by atoms with Crippen molar-refractivity contribution in [1.29, 1.82) is 0 Å². The molecule has 0 saturated carbocycles. The van der Waals surface area contributed by atoms with Crippen molar-refractivity contribution in [3.05, 3.63) is 71.9 Å². The van der Waals surface area contributed by atoms with Crippen LogP contribution in [0.2, 0.25) is 0 Å². The predicted molar refractivity (Wildman–Crippen MR) is 106 cm³/mol. The first-order valence-electron chi connectivity index (χ1n) is 8.60. The maximum Gasteiger partial charge on any atom is 0.264 e. The minimum atomic E-state index is -3.75. The van der Waals surface area contributed by atoms with Crippen LogP contribution in [-0.4, -0.2) is 23.6 Å². The second-order valence-corrected chi connectivity index (χ2v) is 8.13. The Morgan fingerprint density at radius 3 is 2.46 bits per heavy atom. The molecule has 2 N–H and O–H groups in total.